The molecule has 0 amide bonds. The Bertz CT molecular complexity index is 803. The van der Waals surface area contributed by atoms with Crippen LogP contribution in [-0.2, 0) is 6.18 Å². The van der Waals surface area contributed by atoms with E-state index in [4.69, 9.17) is 5.73 Å². The van der Waals surface area contributed by atoms with Crippen LogP contribution in [0.25, 0.3) is 16.9 Å². The summed E-state index contributed by atoms with van der Waals surface area (Å²) in [5.74, 6) is 0.187. The minimum Gasteiger partial charge on any atom is -0.369 e. The van der Waals surface area contributed by atoms with E-state index in [9.17, 15) is 13.2 Å². The number of nitrogen functional groups attached to an aromatic ring is 1. The van der Waals surface area contributed by atoms with Crippen molar-refractivity contribution in [2.24, 2.45) is 0 Å². The molecule has 4 nitrogen and oxygen atoms in total. The summed E-state index contributed by atoms with van der Waals surface area (Å²) in [4.78, 5) is 8.42. The number of imidazole rings is 1. The van der Waals surface area contributed by atoms with E-state index < -0.39 is 11.7 Å². The predicted octanol–water partition coefficient (Wildman–Crippen LogP) is 3.33. The Morgan fingerprint density at radius 3 is 2.38 bits per heavy atom. The van der Waals surface area contributed by atoms with Gasteiger partial charge in [0.25, 0.3) is 0 Å². The largest absolute Gasteiger partial charge is 0.416 e. The van der Waals surface area contributed by atoms with Crippen molar-refractivity contribution in [1.82, 2.24) is 14.5 Å². The van der Waals surface area contributed by atoms with Gasteiger partial charge in [-0.2, -0.15) is 13.2 Å². The number of alkyl halides is 3. The zero-order valence-electron chi connectivity index (χ0n) is 11.0. The molecule has 0 bridgehead atoms. The molecule has 0 atom stereocenters. The lowest BCUT2D eigenvalue weighted by molar-refractivity contribution is -0.137. The Morgan fingerprint density at radius 2 is 1.76 bits per heavy atom. The Morgan fingerprint density at radius 1 is 1.10 bits per heavy atom. The molecule has 21 heavy (non-hydrogen) atoms. The molecule has 3 aromatic rings. The van der Waals surface area contributed by atoms with Gasteiger partial charge in [-0.1, -0.05) is 0 Å². The fourth-order valence-corrected chi connectivity index (χ4v) is 2.17. The number of nitrogens with zero attached hydrogens (tertiary/aromatic N) is 3. The van der Waals surface area contributed by atoms with Crippen LogP contribution in [0.5, 0.6) is 0 Å². The topological polar surface area (TPSA) is 56.7 Å². The van der Waals surface area contributed by atoms with Gasteiger partial charge in [0, 0.05) is 6.20 Å². The Labute approximate surface area is 118 Å². The highest BCUT2D eigenvalue weighted by molar-refractivity contribution is 5.79. The summed E-state index contributed by atoms with van der Waals surface area (Å²) in [6.07, 6.45) is -2.75. The van der Waals surface area contributed by atoms with E-state index in [1.807, 2.05) is 6.92 Å². The standard InChI is InChI=1S/C14H11F3N4/c1-8-6-7-19-12-11(8)20-13(18)21(12)10-4-2-9(3-5-10)14(15,16)17/h2-7H,1H3,(H2,18,20). The number of halogens is 3. The van der Waals surface area contributed by atoms with Gasteiger partial charge in [-0.15, -0.1) is 0 Å². The van der Waals surface area contributed by atoms with Crippen molar-refractivity contribution >= 4 is 17.1 Å². The van der Waals surface area contributed by atoms with Crippen LogP contribution in [0, 0.1) is 6.92 Å². The van der Waals surface area contributed by atoms with Crippen molar-refractivity contribution in [1.29, 1.82) is 0 Å². The third-order valence-corrected chi connectivity index (χ3v) is 3.23. The molecule has 0 unspecified atom stereocenters. The van der Waals surface area contributed by atoms with Gasteiger partial charge >= 0.3 is 6.18 Å². The molecule has 0 spiro atoms. The van der Waals surface area contributed by atoms with Crippen molar-refractivity contribution in [3.63, 3.8) is 0 Å². The van der Waals surface area contributed by atoms with Gasteiger partial charge < -0.3 is 5.73 Å². The van der Waals surface area contributed by atoms with E-state index in [-0.39, 0.29) is 5.95 Å². The van der Waals surface area contributed by atoms with Crippen molar-refractivity contribution < 1.29 is 13.2 Å². The van der Waals surface area contributed by atoms with Crippen LogP contribution in [0.4, 0.5) is 19.1 Å². The highest BCUT2D eigenvalue weighted by Crippen LogP contribution is 2.30. The van der Waals surface area contributed by atoms with Crippen molar-refractivity contribution in [3.05, 3.63) is 47.7 Å². The lowest BCUT2D eigenvalue weighted by Crippen LogP contribution is -2.06. The van der Waals surface area contributed by atoms with Crippen molar-refractivity contribution in [2.45, 2.75) is 13.1 Å². The molecule has 108 valence electrons. The number of anilines is 1. The number of rotatable bonds is 1. The molecule has 0 aliphatic carbocycles. The third-order valence-electron chi connectivity index (χ3n) is 3.23. The minimum absolute atomic E-state index is 0.187. The number of benzene rings is 1. The van der Waals surface area contributed by atoms with Gasteiger partial charge in [0.2, 0.25) is 5.95 Å². The summed E-state index contributed by atoms with van der Waals surface area (Å²) in [5.41, 5.74) is 7.70. The maximum Gasteiger partial charge on any atom is 0.416 e. The van der Waals surface area contributed by atoms with Crippen LogP contribution in [-0.4, -0.2) is 14.5 Å². The van der Waals surface area contributed by atoms with Crippen LogP contribution < -0.4 is 5.73 Å². The van der Waals surface area contributed by atoms with Crippen molar-refractivity contribution in [2.75, 3.05) is 5.73 Å². The number of nitrogens with two attached hydrogens (primary N) is 1. The summed E-state index contributed by atoms with van der Waals surface area (Å²) in [7, 11) is 0. The van der Waals surface area contributed by atoms with Gasteiger partial charge in [-0.05, 0) is 42.8 Å². The highest BCUT2D eigenvalue weighted by Gasteiger charge is 2.30. The fraction of sp³-hybridized carbons (Fsp3) is 0.143. The van der Waals surface area contributed by atoms with Gasteiger partial charge in [0.15, 0.2) is 5.65 Å². The highest BCUT2D eigenvalue weighted by atomic mass is 19.4. The summed E-state index contributed by atoms with van der Waals surface area (Å²) in [6, 6.07) is 6.52. The number of aromatic nitrogens is 3. The second kappa shape index (κ2) is 4.47. The zero-order valence-corrected chi connectivity index (χ0v) is 11.0. The maximum atomic E-state index is 12.6. The summed E-state index contributed by atoms with van der Waals surface area (Å²) in [6.45, 7) is 1.87. The molecule has 2 heterocycles. The first kappa shape index (κ1) is 13.4. The average molecular weight is 292 g/mol. The first-order valence-electron chi connectivity index (χ1n) is 6.15. The second-order valence-corrected chi connectivity index (χ2v) is 4.65. The molecular formula is C14H11F3N4. The first-order valence-corrected chi connectivity index (χ1v) is 6.15. The predicted molar refractivity (Wildman–Crippen MR) is 73.0 cm³/mol. The van der Waals surface area contributed by atoms with Crippen LogP contribution in [0.1, 0.15) is 11.1 Å². The van der Waals surface area contributed by atoms with Gasteiger partial charge in [-0.25, -0.2) is 9.97 Å². The normalized spacial score (nSPS) is 12.0. The van der Waals surface area contributed by atoms with E-state index in [1.165, 1.54) is 16.7 Å². The average Bonchev–Trinajstić information content (AvgIpc) is 2.76. The van der Waals surface area contributed by atoms with Crippen molar-refractivity contribution in [3.8, 4) is 5.69 Å². The summed E-state index contributed by atoms with van der Waals surface area (Å²) < 4.78 is 39.3. The number of pyridine rings is 1. The SMILES string of the molecule is Cc1ccnc2c1nc(N)n2-c1ccc(C(F)(F)F)cc1. The zero-order chi connectivity index (χ0) is 15.2. The molecule has 0 saturated heterocycles. The molecule has 0 aliphatic rings. The van der Waals surface area contributed by atoms with E-state index >= 15 is 0 Å². The number of hydrogen-bond donors (Lipinski definition) is 1. The number of aryl methyl sites for hydroxylation is 1. The molecule has 3 rings (SSSR count). The number of hydrogen-bond acceptors (Lipinski definition) is 3. The van der Waals surface area contributed by atoms with Gasteiger partial charge in [0.05, 0.1) is 11.3 Å². The molecule has 2 aromatic heterocycles. The van der Waals surface area contributed by atoms with Crippen LogP contribution >= 0.6 is 0 Å². The molecule has 0 fully saturated rings. The van der Waals surface area contributed by atoms with Gasteiger partial charge in [0.1, 0.15) is 5.52 Å². The lowest BCUT2D eigenvalue weighted by Gasteiger charge is -2.09. The lowest BCUT2D eigenvalue weighted by atomic mass is 10.2. The molecular weight excluding hydrogens is 281 g/mol. The summed E-state index contributed by atoms with van der Waals surface area (Å²) >= 11 is 0. The Balaban J connectivity index is 2.17. The Kier molecular flexibility index (Phi) is 2.86. The third kappa shape index (κ3) is 2.20. The second-order valence-electron chi connectivity index (χ2n) is 4.65. The first-order chi connectivity index (χ1) is 9.88. The number of fused-ring (bicyclic) bond motifs is 1. The fourth-order valence-electron chi connectivity index (χ4n) is 2.17. The molecule has 7 heteroatoms. The molecule has 1 aromatic carbocycles. The van der Waals surface area contributed by atoms with Crippen LogP contribution in [0.15, 0.2) is 36.5 Å². The van der Waals surface area contributed by atoms with Crippen LogP contribution in [0.2, 0.25) is 0 Å². The molecule has 0 radical (unpaired) electrons. The summed E-state index contributed by atoms with van der Waals surface area (Å²) in [5, 5.41) is 0. The quantitative estimate of drug-likeness (QED) is 0.748. The molecule has 0 aliphatic heterocycles. The molecule has 2 N–H and O–H groups in total. The monoisotopic (exact) mass is 292 g/mol. The van der Waals surface area contributed by atoms with Gasteiger partial charge in [-0.3, -0.25) is 4.57 Å². The van der Waals surface area contributed by atoms with E-state index in [2.05, 4.69) is 9.97 Å². The Hall–Kier alpha value is -2.57. The minimum atomic E-state index is -4.37. The van der Waals surface area contributed by atoms with E-state index in [1.54, 1.807) is 12.3 Å². The van der Waals surface area contributed by atoms with E-state index in [0.717, 1.165) is 17.7 Å². The van der Waals surface area contributed by atoms with E-state index in [0.29, 0.717) is 16.9 Å². The smallest absolute Gasteiger partial charge is 0.369 e. The van der Waals surface area contributed by atoms with Crippen LogP contribution in [0.3, 0.4) is 0 Å². The molecule has 0 saturated carbocycles. The maximum absolute atomic E-state index is 12.6.